The molecule has 0 aromatic heterocycles. The lowest BCUT2D eigenvalue weighted by Crippen LogP contribution is -2.32. The van der Waals surface area contributed by atoms with E-state index in [0.29, 0.717) is 5.56 Å². The lowest BCUT2D eigenvalue weighted by atomic mass is 9.95. The molecule has 0 saturated carbocycles. The van der Waals surface area contributed by atoms with Gasteiger partial charge in [0.2, 0.25) is 0 Å². The van der Waals surface area contributed by atoms with Crippen LogP contribution in [0.25, 0.3) is 6.08 Å². The molecule has 4 nitrogen and oxygen atoms in total. The van der Waals surface area contributed by atoms with Crippen molar-refractivity contribution >= 4 is 18.0 Å². The van der Waals surface area contributed by atoms with Crippen molar-refractivity contribution in [3.8, 4) is 0 Å². The summed E-state index contributed by atoms with van der Waals surface area (Å²) in [6.07, 6.45) is 6.07. The number of rotatable bonds is 3. The molecule has 1 aromatic rings. The van der Waals surface area contributed by atoms with E-state index in [9.17, 15) is 9.59 Å². The topological polar surface area (TPSA) is 57.6 Å². The summed E-state index contributed by atoms with van der Waals surface area (Å²) in [5, 5.41) is 8.67. The van der Waals surface area contributed by atoms with E-state index in [-0.39, 0.29) is 12.5 Å². The number of allylic oxidation sites excluding steroid dienone is 1. The van der Waals surface area contributed by atoms with E-state index in [0.717, 1.165) is 24.0 Å². The number of carboxylic acids is 1. The van der Waals surface area contributed by atoms with Gasteiger partial charge in [0.1, 0.15) is 6.54 Å². The summed E-state index contributed by atoms with van der Waals surface area (Å²) in [4.78, 5) is 23.8. The first kappa shape index (κ1) is 12.4. The van der Waals surface area contributed by atoms with E-state index in [1.54, 1.807) is 6.07 Å². The minimum Gasteiger partial charge on any atom is -0.480 e. The van der Waals surface area contributed by atoms with Gasteiger partial charge in [-0.25, -0.2) is 0 Å². The minimum atomic E-state index is -1.01. The van der Waals surface area contributed by atoms with Crippen LogP contribution in [0, 0.1) is 0 Å². The Balaban J connectivity index is 2.21. The number of fused-ring (bicyclic) bond motifs is 1. The average molecular weight is 245 g/mol. The van der Waals surface area contributed by atoms with Crippen molar-refractivity contribution in [3.63, 3.8) is 0 Å². The molecule has 0 bridgehead atoms. The maximum atomic E-state index is 12.0. The first-order valence-corrected chi connectivity index (χ1v) is 5.84. The molecule has 0 radical (unpaired) electrons. The van der Waals surface area contributed by atoms with E-state index < -0.39 is 5.97 Å². The van der Waals surface area contributed by atoms with Crippen molar-refractivity contribution in [3.05, 3.63) is 41.0 Å². The highest BCUT2D eigenvalue weighted by Crippen LogP contribution is 2.20. The monoisotopic (exact) mass is 245 g/mol. The summed E-state index contributed by atoms with van der Waals surface area (Å²) in [6.45, 7) is -0.282. The van der Waals surface area contributed by atoms with Crippen molar-refractivity contribution in [1.82, 2.24) is 4.90 Å². The van der Waals surface area contributed by atoms with Crippen LogP contribution in [-0.2, 0) is 11.2 Å². The van der Waals surface area contributed by atoms with Crippen molar-refractivity contribution in [2.24, 2.45) is 0 Å². The molecule has 0 unspecified atom stereocenters. The molecular formula is C14H15NO3. The fourth-order valence-corrected chi connectivity index (χ4v) is 2.06. The first-order chi connectivity index (χ1) is 8.58. The van der Waals surface area contributed by atoms with Gasteiger partial charge >= 0.3 is 5.97 Å². The third-order valence-corrected chi connectivity index (χ3v) is 2.99. The van der Waals surface area contributed by atoms with E-state index in [4.69, 9.17) is 5.11 Å². The molecule has 0 atom stereocenters. The van der Waals surface area contributed by atoms with Crippen LogP contribution in [-0.4, -0.2) is 35.5 Å². The number of hydrogen-bond acceptors (Lipinski definition) is 2. The normalized spacial score (nSPS) is 12.9. The zero-order valence-corrected chi connectivity index (χ0v) is 10.2. The fraction of sp³-hybridized carbons (Fsp3) is 0.286. The molecule has 94 valence electrons. The Kier molecular flexibility index (Phi) is 3.46. The summed E-state index contributed by atoms with van der Waals surface area (Å²) < 4.78 is 0. The van der Waals surface area contributed by atoms with Gasteiger partial charge in [0.25, 0.3) is 5.91 Å². The second-order valence-electron chi connectivity index (χ2n) is 4.41. The van der Waals surface area contributed by atoms with E-state index in [1.807, 2.05) is 18.2 Å². The highest BCUT2D eigenvalue weighted by molar-refractivity contribution is 5.96. The lowest BCUT2D eigenvalue weighted by Gasteiger charge is -2.16. The van der Waals surface area contributed by atoms with Crippen LogP contribution in [0.3, 0.4) is 0 Å². The zero-order chi connectivity index (χ0) is 13.1. The summed E-state index contributed by atoms with van der Waals surface area (Å²) in [6, 6.07) is 5.52. The maximum Gasteiger partial charge on any atom is 0.323 e. The molecule has 0 saturated heterocycles. The second kappa shape index (κ2) is 5.04. The Morgan fingerprint density at radius 2 is 2.17 bits per heavy atom. The molecule has 4 heteroatoms. The summed E-state index contributed by atoms with van der Waals surface area (Å²) >= 11 is 0. The zero-order valence-electron chi connectivity index (χ0n) is 10.2. The van der Waals surface area contributed by atoms with Crippen molar-refractivity contribution < 1.29 is 14.7 Å². The molecule has 0 aliphatic heterocycles. The van der Waals surface area contributed by atoms with Crippen molar-refractivity contribution in [2.45, 2.75) is 12.8 Å². The number of amides is 1. The Labute approximate surface area is 106 Å². The Hall–Kier alpha value is -2.10. The molecular weight excluding hydrogens is 230 g/mol. The van der Waals surface area contributed by atoms with Crippen LogP contribution in [0.15, 0.2) is 24.3 Å². The third kappa shape index (κ3) is 2.59. The fourth-order valence-electron chi connectivity index (χ4n) is 2.06. The van der Waals surface area contributed by atoms with Gasteiger partial charge in [0, 0.05) is 12.6 Å². The minimum absolute atomic E-state index is 0.255. The van der Waals surface area contributed by atoms with Gasteiger partial charge in [-0.2, -0.15) is 0 Å². The number of carbonyl (C=O) groups excluding carboxylic acids is 1. The molecule has 2 rings (SSSR count). The largest absolute Gasteiger partial charge is 0.480 e. The van der Waals surface area contributed by atoms with Crippen LogP contribution in [0.2, 0.25) is 0 Å². The Bertz CT molecular complexity index is 520. The van der Waals surface area contributed by atoms with E-state index >= 15 is 0 Å². The molecule has 1 aromatic carbocycles. The quantitative estimate of drug-likeness (QED) is 0.883. The molecule has 0 spiro atoms. The van der Waals surface area contributed by atoms with Crippen LogP contribution in [0.1, 0.15) is 27.9 Å². The summed E-state index contributed by atoms with van der Waals surface area (Å²) in [7, 11) is 1.50. The SMILES string of the molecule is CN(CC(=O)O)C(=O)c1ccc2c(c1)CCC=C2. The third-order valence-electron chi connectivity index (χ3n) is 2.99. The van der Waals surface area contributed by atoms with Gasteiger partial charge in [-0.1, -0.05) is 18.2 Å². The van der Waals surface area contributed by atoms with Gasteiger partial charge in [0.15, 0.2) is 0 Å². The smallest absolute Gasteiger partial charge is 0.323 e. The van der Waals surface area contributed by atoms with Gasteiger partial charge in [-0.3, -0.25) is 9.59 Å². The number of nitrogens with zero attached hydrogens (tertiary/aromatic N) is 1. The summed E-state index contributed by atoms with van der Waals surface area (Å²) in [5.41, 5.74) is 2.83. The van der Waals surface area contributed by atoms with Crippen LogP contribution in [0.4, 0.5) is 0 Å². The highest BCUT2D eigenvalue weighted by atomic mass is 16.4. The van der Waals surface area contributed by atoms with Crippen LogP contribution >= 0.6 is 0 Å². The predicted octanol–water partition coefficient (Wildman–Crippen LogP) is 1.80. The van der Waals surface area contributed by atoms with Crippen molar-refractivity contribution in [2.75, 3.05) is 13.6 Å². The van der Waals surface area contributed by atoms with Gasteiger partial charge < -0.3 is 10.0 Å². The van der Waals surface area contributed by atoms with Crippen LogP contribution < -0.4 is 0 Å². The van der Waals surface area contributed by atoms with Gasteiger partial charge in [0.05, 0.1) is 0 Å². The molecule has 0 heterocycles. The Morgan fingerprint density at radius 3 is 2.89 bits per heavy atom. The first-order valence-electron chi connectivity index (χ1n) is 5.84. The van der Waals surface area contributed by atoms with Gasteiger partial charge in [-0.15, -0.1) is 0 Å². The number of hydrogen-bond donors (Lipinski definition) is 1. The number of carbonyl (C=O) groups is 2. The van der Waals surface area contributed by atoms with Crippen molar-refractivity contribution in [1.29, 1.82) is 0 Å². The van der Waals surface area contributed by atoms with E-state index in [1.165, 1.54) is 11.9 Å². The molecule has 1 aliphatic rings. The average Bonchev–Trinajstić information content (AvgIpc) is 2.36. The predicted molar refractivity (Wildman–Crippen MR) is 68.4 cm³/mol. The summed E-state index contributed by atoms with van der Waals surface area (Å²) in [5.74, 6) is -1.26. The molecule has 1 N–H and O–H groups in total. The van der Waals surface area contributed by atoms with Crippen LogP contribution in [0.5, 0.6) is 0 Å². The van der Waals surface area contributed by atoms with Gasteiger partial charge in [-0.05, 0) is 36.1 Å². The number of benzene rings is 1. The highest BCUT2D eigenvalue weighted by Gasteiger charge is 2.16. The maximum absolute atomic E-state index is 12.0. The Morgan fingerprint density at radius 1 is 1.39 bits per heavy atom. The lowest BCUT2D eigenvalue weighted by molar-refractivity contribution is -0.137. The number of aliphatic carboxylic acids is 1. The molecule has 1 aliphatic carbocycles. The standard InChI is InChI=1S/C14H15NO3/c1-15(9-13(16)17)14(18)12-7-6-10-4-2-3-5-11(10)8-12/h2,4,6-8H,3,5,9H2,1H3,(H,16,17). The number of likely N-dealkylation sites (N-methyl/N-ethyl adjacent to an activating group) is 1. The number of carboxylic acid groups (broad SMARTS) is 1. The molecule has 1 amide bonds. The molecule has 0 fully saturated rings. The molecule has 18 heavy (non-hydrogen) atoms. The number of aryl methyl sites for hydroxylation is 1. The van der Waals surface area contributed by atoms with E-state index in [2.05, 4.69) is 6.08 Å². The second-order valence-corrected chi connectivity index (χ2v) is 4.41.